The van der Waals surface area contributed by atoms with Crippen LogP contribution in [0.3, 0.4) is 0 Å². The van der Waals surface area contributed by atoms with Crippen molar-refractivity contribution in [3.8, 4) is 0 Å². The van der Waals surface area contributed by atoms with Gasteiger partial charge in [0.2, 0.25) is 0 Å². The van der Waals surface area contributed by atoms with E-state index in [0.29, 0.717) is 16.3 Å². The molecular formula is C11H15Cl2N3. The minimum atomic E-state index is 0.437. The number of aromatic nitrogens is 1. The van der Waals surface area contributed by atoms with Gasteiger partial charge in [0.15, 0.2) is 5.15 Å². The molecule has 0 amide bonds. The summed E-state index contributed by atoms with van der Waals surface area (Å²) in [7, 11) is 0. The number of nitrogens with one attached hydrogen (secondary N) is 2. The van der Waals surface area contributed by atoms with Crippen LogP contribution in [0.1, 0.15) is 18.4 Å². The molecule has 1 aromatic heterocycles. The summed E-state index contributed by atoms with van der Waals surface area (Å²) < 4.78 is 0. The summed E-state index contributed by atoms with van der Waals surface area (Å²) in [5.74, 6) is 0. The third kappa shape index (κ3) is 2.78. The summed E-state index contributed by atoms with van der Waals surface area (Å²) in [6.07, 6.45) is 2.46. The molecule has 0 aromatic carbocycles. The summed E-state index contributed by atoms with van der Waals surface area (Å²) in [6.45, 7) is 3.96. The molecule has 1 aliphatic heterocycles. The molecule has 3 nitrogen and oxygen atoms in total. The number of anilines is 1. The predicted octanol–water partition coefficient (Wildman–Crippen LogP) is 2.86. The number of pyridine rings is 1. The second kappa shape index (κ2) is 5.21. The van der Waals surface area contributed by atoms with Gasteiger partial charge in [0.05, 0.1) is 5.69 Å². The third-order valence-electron chi connectivity index (χ3n) is 2.83. The Kier molecular flexibility index (Phi) is 3.90. The number of rotatable bonds is 3. The van der Waals surface area contributed by atoms with Crippen LogP contribution in [-0.2, 0) is 0 Å². The highest BCUT2D eigenvalue weighted by molar-refractivity contribution is 6.34. The van der Waals surface area contributed by atoms with Crippen LogP contribution in [0.15, 0.2) is 6.07 Å². The van der Waals surface area contributed by atoms with E-state index in [4.69, 9.17) is 23.2 Å². The summed E-state index contributed by atoms with van der Waals surface area (Å²) >= 11 is 11.9. The third-order valence-corrected chi connectivity index (χ3v) is 3.30. The Morgan fingerprint density at radius 1 is 1.56 bits per heavy atom. The molecule has 0 saturated carbocycles. The molecule has 0 spiro atoms. The molecule has 2 heterocycles. The van der Waals surface area contributed by atoms with Crippen molar-refractivity contribution < 1.29 is 0 Å². The van der Waals surface area contributed by atoms with Crippen LogP contribution in [-0.4, -0.2) is 24.1 Å². The van der Waals surface area contributed by atoms with E-state index in [-0.39, 0.29) is 0 Å². The lowest BCUT2D eigenvalue weighted by Gasteiger charge is -2.15. The van der Waals surface area contributed by atoms with Crippen molar-refractivity contribution >= 4 is 28.9 Å². The smallest absolute Gasteiger partial charge is 0.154 e. The van der Waals surface area contributed by atoms with Crippen LogP contribution in [0.5, 0.6) is 0 Å². The molecular weight excluding hydrogens is 245 g/mol. The fourth-order valence-electron chi connectivity index (χ4n) is 1.96. The average Bonchev–Trinajstić information content (AvgIpc) is 2.68. The highest BCUT2D eigenvalue weighted by atomic mass is 35.5. The Labute approximate surface area is 106 Å². The second-order valence-electron chi connectivity index (χ2n) is 4.10. The van der Waals surface area contributed by atoms with Crippen LogP contribution in [0.2, 0.25) is 10.3 Å². The molecule has 0 bridgehead atoms. The summed E-state index contributed by atoms with van der Waals surface area (Å²) in [6, 6.07) is 2.35. The molecule has 0 aliphatic carbocycles. The van der Waals surface area contributed by atoms with Gasteiger partial charge in [-0.3, -0.25) is 0 Å². The van der Waals surface area contributed by atoms with Gasteiger partial charge in [-0.1, -0.05) is 23.2 Å². The molecule has 1 aromatic rings. The Bertz CT molecular complexity index is 352. The number of halogens is 2. The quantitative estimate of drug-likeness (QED) is 0.820. The van der Waals surface area contributed by atoms with Crippen molar-refractivity contribution in [2.24, 2.45) is 0 Å². The van der Waals surface area contributed by atoms with Crippen LogP contribution in [0, 0.1) is 6.92 Å². The van der Waals surface area contributed by atoms with E-state index in [1.54, 1.807) is 0 Å². The Hall–Kier alpha value is -0.510. The maximum atomic E-state index is 6.04. The largest absolute Gasteiger partial charge is 0.381 e. The van der Waals surface area contributed by atoms with Gasteiger partial charge in [-0.15, -0.1) is 0 Å². The highest BCUT2D eigenvalue weighted by Gasteiger charge is 2.15. The zero-order valence-electron chi connectivity index (χ0n) is 9.19. The summed E-state index contributed by atoms with van der Waals surface area (Å²) in [4.78, 5) is 4.03. The number of hydrogen-bond acceptors (Lipinski definition) is 3. The van der Waals surface area contributed by atoms with Crippen molar-refractivity contribution in [1.82, 2.24) is 10.3 Å². The second-order valence-corrected chi connectivity index (χ2v) is 4.85. The van der Waals surface area contributed by atoms with Crippen LogP contribution in [0.4, 0.5) is 5.69 Å². The topological polar surface area (TPSA) is 37.0 Å². The van der Waals surface area contributed by atoms with Gasteiger partial charge >= 0.3 is 0 Å². The van der Waals surface area contributed by atoms with E-state index in [1.165, 1.54) is 12.8 Å². The monoisotopic (exact) mass is 259 g/mol. The van der Waals surface area contributed by atoms with E-state index in [9.17, 15) is 0 Å². The standard InChI is InChI=1S/C11H15Cl2N3/c1-7-5-9(12)16-11(13)10(7)15-6-8-3-2-4-14-8/h5,8,14-15H,2-4,6H2,1H3. The van der Waals surface area contributed by atoms with Crippen molar-refractivity contribution in [3.05, 3.63) is 21.9 Å². The predicted molar refractivity (Wildman–Crippen MR) is 68.5 cm³/mol. The molecule has 16 heavy (non-hydrogen) atoms. The number of hydrogen-bond donors (Lipinski definition) is 2. The molecule has 1 fully saturated rings. The van der Waals surface area contributed by atoms with Crippen LogP contribution >= 0.6 is 23.2 Å². The van der Waals surface area contributed by atoms with Gasteiger partial charge in [0.1, 0.15) is 5.15 Å². The lowest BCUT2D eigenvalue weighted by molar-refractivity contribution is 0.633. The van der Waals surface area contributed by atoms with Gasteiger partial charge < -0.3 is 10.6 Å². The first-order chi connectivity index (χ1) is 7.66. The van der Waals surface area contributed by atoms with Crippen molar-refractivity contribution in [3.63, 3.8) is 0 Å². The summed E-state index contributed by atoms with van der Waals surface area (Å²) in [5.41, 5.74) is 1.92. The zero-order chi connectivity index (χ0) is 11.5. The molecule has 5 heteroatoms. The Morgan fingerprint density at radius 3 is 3.00 bits per heavy atom. The van der Waals surface area contributed by atoms with E-state index in [2.05, 4.69) is 15.6 Å². The maximum Gasteiger partial charge on any atom is 0.154 e. The molecule has 1 atom stereocenters. The lowest BCUT2D eigenvalue weighted by Crippen LogP contribution is -2.29. The zero-order valence-corrected chi connectivity index (χ0v) is 10.7. The first-order valence-corrected chi connectivity index (χ1v) is 6.22. The van der Waals surface area contributed by atoms with E-state index < -0.39 is 0 Å². The summed E-state index contributed by atoms with van der Waals surface area (Å²) in [5, 5.41) is 7.64. The van der Waals surface area contributed by atoms with Crippen LogP contribution < -0.4 is 10.6 Å². The molecule has 88 valence electrons. The van der Waals surface area contributed by atoms with Crippen molar-refractivity contribution in [1.29, 1.82) is 0 Å². The van der Waals surface area contributed by atoms with Crippen LogP contribution in [0.25, 0.3) is 0 Å². The van der Waals surface area contributed by atoms with Gasteiger partial charge in [0.25, 0.3) is 0 Å². The molecule has 1 aliphatic rings. The van der Waals surface area contributed by atoms with E-state index in [1.807, 2.05) is 13.0 Å². The Balaban J connectivity index is 2.03. The van der Waals surface area contributed by atoms with E-state index >= 15 is 0 Å². The van der Waals surface area contributed by atoms with Crippen molar-refractivity contribution in [2.45, 2.75) is 25.8 Å². The molecule has 0 radical (unpaired) electrons. The molecule has 2 N–H and O–H groups in total. The first-order valence-electron chi connectivity index (χ1n) is 5.46. The lowest BCUT2D eigenvalue weighted by atomic mass is 10.2. The molecule has 1 saturated heterocycles. The maximum absolute atomic E-state index is 6.04. The average molecular weight is 260 g/mol. The van der Waals surface area contributed by atoms with Gasteiger partial charge in [-0.2, -0.15) is 0 Å². The Morgan fingerprint density at radius 2 is 2.38 bits per heavy atom. The van der Waals surface area contributed by atoms with E-state index in [0.717, 1.165) is 24.3 Å². The fraction of sp³-hybridized carbons (Fsp3) is 0.545. The molecule has 1 unspecified atom stereocenters. The molecule has 2 rings (SSSR count). The fourth-order valence-corrected chi connectivity index (χ4v) is 2.56. The van der Waals surface area contributed by atoms with Crippen molar-refractivity contribution in [2.75, 3.05) is 18.4 Å². The SMILES string of the molecule is Cc1cc(Cl)nc(Cl)c1NCC1CCCN1. The number of aryl methyl sites for hydroxylation is 1. The van der Waals surface area contributed by atoms with Gasteiger partial charge in [-0.05, 0) is 37.9 Å². The van der Waals surface area contributed by atoms with Gasteiger partial charge in [0, 0.05) is 12.6 Å². The number of nitrogens with zero attached hydrogens (tertiary/aromatic N) is 1. The minimum absolute atomic E-state index is 0.437. The highest BCUT2D eigenvalue weighted by Crippen LogP contribution is 2.26. The minimum Gasteiger partial charge on any atom is -0.381 e. The first kappa shape index (κ1) is 12.0. The van der Waals surface area contributed by atoms with Gasteiger partial charge in [-0.25, -0.2) is 4.98 Å². The normalized spacial score (nSPS) is 20.1.